The number of hydrogen-bond donors (Lipinski definition) is 2. The van der Waals surface area contributed by atoms with Crippen molar-refractivity contribution in [3.63, 3.8) is 0 Å². The van der Waals surface area contributed by atoms with Gasteiger partial charge in [0.15, 0.2) is 0 Å². The van der Waals surface area contributed by atoms with Gasteiger partial charge in [-0.15, -0.1) is 0 Å². The minimum absolute atomic E-state index is 0.0107. The lowest BCUT2D eigenvalue weighted by molar-refractivity contribution is -0.146. The standard InChI is InChI=1S/C10H20N2O3/c1-15-9(7-11)10(14)12(5-6-13)8-3-2-4-8/h8-9,13H,2-7,11H2,1H3. The van der Waals surface area contributed by atoms with Crippen LogP contribution in [0.1, 0.15) is 19.3 Å². The minimum atomic E-state index is -0.572. The fraction of sp³-hybridized carbons (Fsp3) is 0.900. The van der Waals surface area contributed by atoms with Gasteiger partial charge in [-0.3, -0.25) is 4.79 Å². The molecule has 15 heavy (non-hydrogen) atoms. The van der Waals surface area contributed by atoms with Crippen molar-refractivity contribution in [2.75, 3.05) is 26.8 Å². The van der Waals surface area contributed by atoms with E-state index in [-0.39, 0.29) is 25.1 Å². The van der Waals surface area contributed by atoms with Crippen LogP contribution < -0.4 is 5.73 Å². The molecule has 0 aromatic carbocycles. The molecular formula is C10H20N2O3. The van der Waals surface area contributed by atoms with Gasteiger partial charge in [0.2, 0.25) is 0 Å². The van der Waals surface area contributed by atoms with Crippen molar-refractivity contribution >= 4 is 5.91 Å². The van der Waals surface area contributed by atoms with E-state index in [1.54, 1.807) is 4.90 Å². The van der Waals surface area contributed by atoms with Crippen molar-refractivity contribution in [3.8, 4) is 0 Å². The number of hydrogen-bond acceptors (Lipinski definition) is 4. The number of methoxy groups -OCH3 is 1. The highest BCUT2D eigenvalue weighted by Gasteiger charge is 2.31. The van der Waals surface area contributed by atoms with E-state index >= 15 is 0 Å². The molecule has 0 spiro atoms. The van der Waals surface area contributed by atoms with Gasteiger partial charge in [0.05, 0.1) is 6.61 Å². The van der Waals surface area contributed by atoms with Crippen molar-refractivity contribution < 1.29 is 14.6 Å². The summed E-state index contributed by atoms with van der Waals surface area (Å²) in [6.07, 6.45) is 2.62. The first-order valence-electron chi connectivity index (χ1n) is 5.38. The van der Waals surface area contributed by atoms with Crippen LogP contribution in [-0.4, -0.2) is 54.9 Å². The van der Waals surface area contributed by atoms with E-state index in [1.807, 2.05) is 0 Å². The number of rotatable bonds is 6. The number of amides is 1. The molecule has 1 rings (SSSR count). The molecule has 0 saturated heterocycles. The molecule has 1 aliphatic rings. The summed E-state index contributed by atoms with van der Waals surface area (Å²) in [5.74, 6) is -0.0984. The van der Waals surface area contributed by atoms with Gasteiger partial charge in [-0.05, 0) is 19.3 Å². The molecule has 5 nitrogen and oxygen atoms in total. The third-order valence-corrected chi connectivity index (χ3v) is 2.91. The van der Waals surface area contributed by atoms with E-state index < -0.39 is 6.10 Å². The van der Waals surface area contributed by atoms with Crippen molar-refractivity contribution in [3.05, 3.63) is 0 Å². The van der Waals surface area contributed by atoms with Crippen LogP contribution in [-0.2, 0) is 9.53 Å². The van der Waals surface area contributed by atoms with E-state index in [2.05, 4.69) is 0 Å². The molecule has 5 heteroatoms. The Labute approximate surface area is 90.2 Å². The van der Waals surface area contributed by atoms with E-state index in [1.165, 1.54) is 7.11 Å². The van der Waals surface area contributed by atoms with Crippen molar-refractivity contribution in [1.82, 2.24) is 4.90 Å². The summed E-state index contributed by atoms with van der Waals surface area (Å²) in [4.78, 5) is 13.6. The number of carbonyl (C=O) groups excluding carboxylic acids is 1. The molecule has 88 valence electrons. The van der Waals surface area contributed by atoms with Crippen LogP contribution in [0.4, 0.5) is 0 Å². The number of ether oxygens (including phenoxy) is 1. The molecule has 0 heterocycles. The highest BCUT2D eigenvalue weighted by Crippen LogP contribution is 2.25. The summed E-state index contributed by atoms with van der Waals surface area (Å²) in [5.41, 5.74) is 5.44. The van der Waals surface area contributed by atoms with Gasteiger partial charge in [0, 0.05) is 26.2 Å². The highest BCUT2D eigenvalue weighted by molar-refractivity contribution is 5.81. The van der Waals surface area contributed by atoms with Crippen LogP contribution in [0.15, 0.2) is 0 Å². The van der Waals surface area contributed by atoms with E-state index in [9.17, 15) is 4.79 Å². The third kappa shape index (κ3) is 2.90. The number of aliphatic hydroxyl groups excluding tert-OH is 1. The third-order valence-electron chi connectivity index (χ3n) is 2.91. The van der Waals surface area contributed by atoms with Gasteiger partial charge < -0.3 is 20.5 Å². The Morgan fingerprint density at radius 3 is 2.67 bits per heavy atom. The van der Waals surface area contributed by atoms with Gasteiger partial charge >= 0.3 is 0 Å². The average molecular weight is 216 g/mol. The molecule has 3 N–H and O–H groups in total. The van der Waals surface area contributed by atoms with Crippen molar-refractivity contribution in [1.29, 1.82) is 0 Å². The number of nitrogens with zero attached hydrogens (tertiary/aromatic N) is 1. The molecule has 0 aliphatic heterocycles. The molecule has 0 bridgehead atoms. The maximum atomic E-state index is 11.9. The maximum Gasteiger partial charge on any atom is 0.253 e. The largest absolute Gasteiger partial charge is 0.395 e. The Morgan fingerprint density at radius 2 is 2.33 bits per heavy atom. The Kier molecular flexibility index (Phi) is 5.01. The van der Waals surface area contributed by atoms with Crippen LogP contribution in [0.25, 0.3) is 0 Å². The normalized spacial score (nSPS) is 18.3. The van der Waals surface area contributed by atoms with E-state index in [0.717, 1.165) is 19.3 Å². The van der Waals surface area contributed by atoms with Gasteiger partial charge in [0.25, 0.3) is 5.91 Å². The smallest absolute Gasteiger partial charge is 0.253 e. The van der Waals surface area contributed by atoms with E-state index in [0.29, 0.717) is 6.54 Å². The van der Waals surface area contributed by atoms with Gasteiger partial charge in [0.1, 0.15) is 6.10 Å². The summed E-state index contributed by atoms with van der Waals surface area (Å²) >= 11 is 0. The lowest BCUT2D eigenvalue weighted by Crippen LogP contribution is -2.51. The molecule has 1 atom stereocenters. The van der Waals surface area contributed by atoms with Crippen LogP contribution in [0.5, 0.6) is 0 Å². The molecule has 1 amide bonds. The molecule has 1 unspecified atom stereocenters. The summed E-state index contributed by atoms with van der Waals surface area (Å²) < 4.78 is 5.01. The fourth-order valence-corrected chi connectivity index (χ4v) is 1.76. The first-order chi connectivity index (χ1) is 7.24. The second-order valence-electron chi connectivity index (χ2n) is 3.80. The first kappa shape index (κ1) is 12.4. The maximum absolute atomic E-state index is 11.9. The summed E-state index contributed by atoms with van der Waals surface area (Å²) in [6, 6.07) is 0.272. The van der Waals surface area contributed by atoms with Crippen LogP contribution in [0.2, 0.25) is 0 Å². The zero-order valence-corrected chi connectivity index (χ0v) is 9.19. The van der Waals surface area contributed by atoms with Crippen molar-refractivity contribution in [2.24, 2.45) is 5.73 Å². The SMILES string of the molecule is COC(CN)C(=O)N(CCO)C1CCC1. The number of aliphatic hydroxyl groups is 1. The molecule has 1 fully saturated rings. The fourth-order valence-electron chi connectivity index (χ4n) is 1.76. The molecule has 0 radical (unpaired) electrons. The first-order valence-corrected chi connectivity index (χ1v) is 5.38. The second-order valence-corrected chi connectivity index (χ2v) is 3.80. The predicted molar refractivity (Wildman–Crippen MR) is 56.3 cm³/mol. The Morgan fingerprint density at radius 1 is 1.67 bits per heavy atom. The molecule has 1 aliphatic carbocycles. The van der Waals surface area contributed by atoms with Crippen molar-refractivity contribution in [2.45, 2.75) is 31.4 Å². The summed E-state index contributed by atoms with van der Waals surface area (Å²) in [5, 5.41) is 8.92. The quantitative estimate of drug-likeness (QED) is 0.617. The second kappa shape index (κ2) is 6.05. The molecule has 0 aromatic rings. The Bertz CT molecular complexity index is 203. The minimum Gasteiger partial charge on any atom is -0.395 e. The van der Waals surface area contributed by atoms with E-state index in [4.69, 9.17) is 15.6 Å². The molecular weight excluding hydrogens is 196 g/mol. The summed E-state index contributed by atoms with van der Waals surface area (Å²) in [7, 11) is 1.48. The highest BCUT2D eigenvalue weighted by atomic mass is 16.5. The Hall–Kier alpha value is -0.650. The van der Waals surface area contributed by atoms with Crippen LogP contribution in [0, 0.1) is 0 Å². The lowest BCUT2D eigenvalue weighted by atomic mass is 9.91. The lowest BCUT2D eigenvalue weighted by Gasteiger charge is -2.38. The Balaban J connectivity index is 2.56. The van der Waals surface area contributed by atoms with Crippen LogP contribution >= 0.6 is 0 Å². The zero-order chi connectivity index (χ0) is 11.3. The number of nitrogens with two attached hydrogens (primary N) is 1. The van der Waals surface area contributed by atoms with Gasteiger partial charge in [-0.1, -0.05) is 0 Å². The molecule has 0 aromatic heterocycles. The average Bonchev–Trinajstić information content (AvgIpc) is 2.16. The zero-order valence-electron chi connectivity index (χ0n) is 9.19. The molecule has 1 saturated carbocycles. The van der Waals surface area contributed by atoms with Gasteiger partial charge in [-0.2, -0.15) is 0 Å². The number of carbonyl (C=O) groups is 1. The summed E-state index contributed by atoms with van der Waals surface area (Å²) in [6.45, 7) is 0.552. The van der Waals surface area contributed by atoms with Crippen LogP contribution in [0.3, 0.4) is 0 Å². The monoisotopic (exact) mass is 216 g/mol. The predicted octanol–water partition coefficient (Wildman–Crippen LogP) is -0.666. The topological polar surface area (TPSA) is 75.8 Å². The van der Waals surface area contributed by atoms with Gasteiger partial charge in [-0.25, -0.2) is 0 Å².